The Kier molecular flexibility index (Phi) is 4.95. The summed E-state index contributed by atoms with van der Waals surface area (Å²) in [5, 5.41) is 0. The first kappa shape index (κ1) is 13.9. The minimum atomic E-state index is -0.147. The number of ether oxygens (including phenoxy) is 1. The van der Waals surface area contributed by atoms with Crippen LogP contribution in [0.15, 0.2) is 0 Å². The van der Waals surface area contributed by atoms with E-state index in [2.05, 4.69) is 73.4 Å². The first-order valence-electron chi connectivity index (χ1n) is 4.58. The van der Waals surface area contributed by atoms with Crippen molar-refractivity contribution in [2.45, 2.75) is 62.4 Å². The molecule has 0 fully saturated rings. The molecule has 3 heteroatoms. The summed E-state index contributed by atoms with van der Waals surface area (Å²) >= 11 is 7.11. The van der Waals surface area contributed by atoms with E-state index in [9.17, 15) is 0 Å². The van der Waals surface area contributed by atoms with E-state index in [1.807, 2.05) is 0 Å². The highest BCUT2D eigenvalue weighted by molar-refractivity contribution is 9.09. The third-order valence-corrected chi connectivity index (χ3v) is 4.65. The highest BCUT2D eigenvalue weighted by Gasteiger charge is 2.35. The second-order valence-corrected chi connectivity index (χ2v) is 7.29. The lowest BCUT2D eigenvalue weighted by molar-refractivity contribution is -0.117. The van der Waals surface area contributed by atoms with Crippen LogP contribution in [0.1, 0.15) is 41.5 Å². The third-order valence-electron chi connectivity index (χ3n) is 2.44. The van der Waals surface area contributed by atoms with Gasteiger partial charge in [0.05, 0.1) is 11.2 Å². The first-order chi connectivity index (χ1) is 5.59. The number of hydrogen-bond donors (Lipinski definition) is 0. The summed E-state index contributed by atoms with van der Waals surface area (Å²) < 4.78 is 6.05. The number of halogens is 2. The Bertz CT molecular complexity index is 144. The topological polar surface area (TPSA) is 9.23 Å². The summed E-state index contributed by atoms with van der Waals surface area (Å²) in [6.45, 7) is 12.6. The zero-order valence-corrected chi connectivity index (χ0v) is 12.5. The quantitative estimate of drug-likeness (QED) is 0.709. The molecule has 0 aromatic heterocycles. The lowest BCUT2D eigenvalue weighted by Crippen LogP contribution is -2.45. The van der Waals surface area contributed by atoms with Crippen molar-refractivity contribution in [3.8, 4) is 0 Å². The zero-order chi connectivity index (χ0) is 10.9. The summed E-state index contributed by atoms with van der Waals surface area (Å²) in [5.74, 6) is 0. The Morgan fingerprint density at radius 2 is 1.08 bits per heavy atom. The van der Waals surface area contributed by atoms with E-state index in [0.717, 1.165) is 0 Å². The lowest BCUT2D eigenvalue weighted by Gasteiger charge is -2.39. The van der Waals surface area contributed by atoms with Crippen molar-refractivity contribution < 1.29 is 4.74 Å². The first-order valence-corrected chi connectivity index (χ1v) is 6.41. The van der Waals surface area contributed by atoms with Gasteiger partial charge in [0, 0.05) is 9.65 Å². The molecular formula is C10H20Br2O. The van der Waals surface area contributed by atoms with Crippen LogP contribution < -0.4 is 0 Å². The van der Waals surface area contributed by atoms with Gasteiger partial charge in [-0.1, -0.05) is 31.9 Å². The smallest absolute Gasteiger partial charge is 0.0756 e. The number of hydrogen-bond acceptors (Lipinski definition) is 1. The maximum Gasteiger partial charge on any atom is 0.0756 e. The molecule has 80 valence electrons. The van der Waals surface area contributed by atoms with Crippen LogP contribution in [0.2, 0.25) is 0 Å². The van der Waals surface area contributed by atoms with Crippen LogP contribution in [0.3, 0.4) is 0 Å². The minimum absolute atomic E-state index is 0.147. The normalized spacial score (nSPS) is 18.5. The molecule has 0 aliphatic heterocycles. The molecule has 0 spiro atoms. The van der Waals surface area contributed by atoms with Gasteiger partial charge in [-0.15, -0.1) is 0 Å². The van der Waals surface area contributed by atoms with Crippen molar-refractivity contribution in [1.82, 2.24) is 0 Å². The van der Waals surface area contributed by atoms with Gasteiger partial charge in [-0.3, -0.25) is 0 Å². The van der Waals surface area contributed by atoms with Gasteiger partial charge in [0.2, 0.25) is 0 Å². The van der Waals surface area contributed by atoms with Crippen molar-refractivity contribution >= 4 is 31.9 Å². The van der Waals surface area contributed by atoms with Crippen molar-refractivity contribution in [3.63, 3.8) is 0 Å². The lowest BCUT2D eigenvalue weighted by atomic mass is 10.0. The van der Waals surface area contributed by atoms with Crippen molar-refractivity contribution in [1.29, 1.82) is 0 Å². The summed E-state index contributed by atoms with van der Waals surface area (Å²) in [6, 6.07) is 0. The Morgan fingerprint density at radius 3 is 1.23 bits per heavy atom. The SMILES string of the molecule is CC(Br)C(C)(C)OC(C)(C)C(C)Br. The molecule has 0 rings (SSSR count). The van der Waals surface area contributed by atoms with Crippen LogP contribution >= 0.6 is 31.9 Å². The Balaban J connectivity index is 4.42. The van der Waals surface area contributed by atoms with E-state index < -0.39 is 0 Å². The van der Waals surface area contributed by atoms with Crippen LogP contribution in [0.25, 0.3) is 0 Å². The van der Waals surface area contributed by atoms with E-state index in [0.29, 0.717) is 9.65 Å². The Hall–Kier alpha value is 0.920. The largest absolute Gasteiger partial charge is 0.367 e. The molecule has 1 nitrogen and oxygen atoms in total. The zero-order valence-electron chi connectivity index (χ0n) is 9.32. The fourth-order valence-corrected chi connectivity index (χ4v) is 1.03. The van der Waals surface area contributed by atoms with E-state index in [1.54, 1.807) is 0 Å². The predicted molar refractivity (Wildman–Crippen MR) is 66.0 cm³/mol. The molecule has 0 aliphatic carbocycles. The molecule has 0 aromatic carbocycles. The molecule has 0 heterocycles. The molecule has 2 unspecified atom stereocenters. The van der Waals surface area contributed by atoms with Gasteiger partial charge in [-0.25, -0.2) is 0 Å². The van der Waals surface area contributed by atoms with E-state index in [-0.39, 0.29) is 11.2 Å². The summed E-state index contributed by atoms with van der Waals surface area (Å²) in [5.41, 5.74) is -0.295. The van der Waals surface area contributed by atoms with Gasteiger partial charge < -0.3 is 4.74 Å². The third kappa shape index (κ3) is 4.30. The highest BCUT2D eigenvalue weighted by Crippen LogP contribution is 2.31. The Labute approximate surface area is 98.9 Å². The maximum atomic E-state index is 6.05. The highest BCUT2D eigenvalue weighted by atomic mass is 79.9. The van der Waals surface area contributed by atoms with Gasteiger partial charge in [0.1, 0.15) is 0 Å². The summed E-state index contributed by atoms with van der Waals surface area (Å²) in [7, 11) is 0. The molecule has 0 amide bonds. The van der Waals surface area contributed by atoms with Crippen LogP contribution in [-0.2, 0) is 4.74 Å². The molecule has 0 aliphatic rings. The second-order valence-electron chi connectivity index (χ2n) is 4.54. The molecule has 13 heavy (non-hydrogen) atoms. The minimum Gasteiger partial charge on any atom is -0.367 e. The molecule has 2 atom stereocenters. The number of rotatable bonds is 4. The van der Waals surface area contributed by atoms with Crippen molar-refractivity contribution in [3.05, 3.63) is 0 Å². The standard InChI is InChI=1S/C10H20Br2O/c1-7(11)9(3,4)13-10(5,6)8(2)12/h7-8H,1-6H3. The molecule has 0 saturated heterocycles. The fraction of sp³-hybridized carbons (Fsp3) is 1.00. The Morgan fingerprint density at radius 1 is 0.846 bits per heavy atom. The van der Waals surface area contributed by atoms with E-state index in [4.69, 9.17) is 4.74 Å². The predicted octanol–water partition coefficient (Wildman–Crippen LogP) is 4.13. The fourth-order valence-electron chi connectivity index (χ4n) is 0.840. The van der Waals surface area contributed by atoms with E-state index in [1.165, 1.54) is 0 Å². The van der Waals surface area contributed by atoms with Gasteiger partial charge in [0.15, 0.2) is 0 Å². The van der Waals surface area contributed by atoms with Gasteiger partial charge in [0.25, 0.3) is 0 Å². The molecule has 0 saturated carbocycles. The molecule has 0 bridgehead atoms. The number of alkyl halides is 2. The van der Waals surface area contributed by atoms with Crippen LogP contribution in [0.4, 0.5) is 0 Å². The van der Waals surface area contributed by atoms with Crippen LogP contribution in [0, 0.1) is 0 Å². The van der Waals surface area contributed by atoms with Crippen molar-refractivity contribution in [2.75, 3.05) is 0 Å². The van der Waals surface area contributed by atoms with Gasteiger partial charge in [-0.2, -0.15) is 0 Å². The van der Waals surface area contributed by atoms with Crippen LogP contribution in [0.5, 0.6) is 0 Å². The maximum absolute atomic E-state index is 6.05. The molecule has 0 N–H and O–H groups in total. The second kappa shape index (κ2) is 4.63. The van der Waals surface area contributed by atoms with Crippen LogP contribution in [-0.4, -0.2) is 20.9 Å². The van der Waals surface area contributed by atoms with E-state index >= 15 is 0 Å². The molecular weight excluding hydrogens is 296 g/mol. The monoisotopic (exact) mass is 314 g/mol. The average Bonchev–Trinajstić information content (AvgIpc) is 1.83. The summed E-state index contributed by atoms with van der Waals surface area (Å²) in [4.78, 5) is 0.677. The van der Waals surface area contributed by atoms with Gasteiger partial charge in [-0.05, 0) is 41.5 Å². The molecule has 0 radical (unpaired) electrons. The van der Waals surface area contributed by atoms with Gasteiger partial charge >= 0.3 is 0 Å². The molecule has 0 aromatic rings. The van der Waals surface area contributed by atoms with Crippen molar-refractivity contribution in [2.24, 2.45) is 0 Å². The average molecular weight is 316 g/mol. The summed E-state index contributed by atoms with van der Waals surface area (Å²) in [6.07, 6.45) is 0.